The van der Waals surface area contributed by atoms with E-state index in [-0.39, 0.29) is 6.15 Å². The van der Waals surface area contributed by atoms with Gasteiger partial charge >= 0.3 is 0 Å². The van der Waals surface area contributed by atoms with Crippen LogP contribution in [0.1, 0.15) is 71.1 Å². The van der Waals surface area contributed by atoms with E-state index in [0.717, 1.165) is 6.42 Å². The lowest BCUT2D eigenvalue weighted by Gasteiger charge is -2.10. The van der Waals surface area contributed by atoms with Crippen LogP contribution in [0.4, 0.5) is 0 Å². The van der Waals surface area contributed by atoms with Gasteiger partial charge < -0.3 is 15.6 Å². The molecule has 0 aliphatic rings. The summed E-state index contributed by atoms with van der Waals surface area (Å²) in [6.45, 7) is 2.88. The van der Waals surface area contributed by atoms with Gasteiger partial charge in [0.05, 0.1) is 6.61 Å². The first-order chi connectivity index (χ1) is 8.06. The van der Waals surface area contributed by atoms with Crippen molar-refractivity contribution < 1.29 is 9.42 Å². The van der Waals surface area contributed by atoms with Gasteiger partial charge in [0, 0.05) is 0 Å². The topological polar surface area (TPSA) is 64.5 Å². The number of hydrogen-bond donors (Lipinski definition) is 2. The molecule has 0 aliphatic heterocycles. The second-order valence-electron chi connectivity index (χ2n) is 4.82. The van der Waals surface area contributed by atoms with E-state index >= 15 is 0 Å². The molecule has 0 saturated carbocycles. The van der Waals surface area contributed by atoms with Crippen LogP contribution in [0.3, 0.4) is 0 Å². The molecule has 1 atom stereocenters. The minimum atomic E-state index is -2.41. The molecule has 0 amide bonds. The van der Waals surface area contributed by atoms with Crippen molar-refractivity contribution in [2.24, 2.45) is 0 Å². The molecule has 0 aliphatic carbocycles. The van der Waals surface area contributed by atoms with Crippen molar-refractivity contribution in [3.63, 3.8) is 0 Å². The van der Waals surface area contributed by atoms with E-state index in [1.807, 2.05) is 0 Å². The van der Waals surface area contributed by atoms with Gasteiger partial charge in [0.15, 0.2) is 0 Å². The quantitative estimate of drug-likeness (QED) is 0.325. The molecule has 110 valence electrons. The summed E-state index contributed by atoms with van der Waals surface area (Å²) in [6, 6.07) is 0. The smallest absolute Gasteiger partial charge is 0.214 e. The Hall–Kier alpha value is 0.595. The molecule has 0 aromatic heterocycles. The summed E-state index contributed by atoms with van der Waals surface area (Å²) in [5.74, 6) is 0. The van der Waals surface area contributed by atoms with E-state index in [9.17, 15) is 4.89 Å². The highest BCUT2D eigenvalue weighted by atomic mass is 32.4. The average molecular weight is 295 g/mol. The van der Waals surface area contributed by atoms with Crippen molar-refractivity contribution >= 4 is 25.7 Å². The molecule has 0 spiro atoms. The molecule has 0 rings (SSSR count). The van der Waals surface area contributed by atoms with E-state index in [0.29, 0.717) is 6.61 Å². The van der Waals surface area contributed by atoms with Gasteiger partial charge in [0.1, 0.15) is 6.37 Å². The molecule has 0 fully saturated rings. The van der Waals surface area contributed by atoms with Gasteiger partial charge in [-0.05, 0) is 18.2 Å². The Labute approximate surface area is 119 Å². The third kappa shape index (κ3) is 18.9. The van der Waals surface area contributed by atoms with Gasteiger partial charge in [0.25, 0.3) is 0 Å². The first-order valence-corrected chi connectivity index (χ1v) is 10.1. The Morgan fingerprint density at radius 1 is 0.944 bits per heavy atom. The fourth-order valence-electron chi connectivity index (χ4n) is 1.82. The lowest BCUT2D eigenvalue weighted by atomic mass is 10.1. The molecule has 3 nitrogen and oxygen atoms in total. The Kier molecular flexibility index (Phi) is 16.3. The van der Waals surface area contributed by atoms with Crippen LogP contribution in [0, 0.1) is 0 Å². The largest absolute Gasteiger partial charge is 0.353 e. The molecule has 0 radical (unpaired) electrons. The van der Waals surface area contributed by atoms with Gasteiger partial charge in [0.2, 0.25) is 7.57 Å². The van der Waals surface area contributed by atoms with Gasteiger partial charge in [-0.2, -0.15) is 0 Å². The summed E-state index contributed by atoms with van der Waals surface area (Å²) in [5.41, 5.74) is 0. The first kappa shape index (κ1) is 20.9. The van der Waals surface area contributed by atoms with Crippen molar-refractivity contribution in [1.82, 2.24) is 6.15 Å². The lowest BCUT2D eigenvalue weighted by molar-refractivity contribution is 0.306. The maximum Gasteiger partial charge on any atom is 0.214 e. The molecule has 1 unspecified atom stereocenters. The molecular formula is C12H31BNO2PS. The summed E-state index contributed by atoms with van der Waals surface area (Å²) < 4.78 is 5.18. The fourth-order valence-corrected chi connectivity index (χ4v) is 2.51. The van der Waals surface area contributed by atoms with Crippen molar-refractivity contribution in [3.8, 4) is 0 Å². The van der Waals surface area contributed by atoms with Crippen LogP contribution < -0.4 is 6.15 Å². The van der Waals surface area contributed by atoms with Gasteiger partial charge in [-0.3, -0.25) is 0 Å². The van der Waals surface area contributed by atoms with Crippen LogP contribution in [0.2, 0.25) is 0 Å². The van der Waals surface area contributed by atoms with E-state index in [1.165, 1.54) is 57.8 Å². The molecule has 0 saturated heterocycles. The molecule has 0 bridgehead atoms. The van der Waals surface area contributed by atoms with Crippen LogP contribution in [0.5, 0.6) is 0 Å². The number of hydrogen-bond acceptors (Lipinski definition) is 3. The minimum Gasteiger partial charge on any atom is -0.353 e. The third-order valence-electron chi connectivity index (χ3n) is 2.83. The zero-order valence-electron chi connectivity index (χ0n) is 12.2. The normalized spacial score (nSPS) is 13.9. The number of rotatable bonds is 12. The van der Waals surface area contributed by atoms with Crippen LogP contribution in [-0.4, -0.2) is 19.1 Å². The Balaban J connectivity index is 0. The molecule has 4 N–H and O–H groups in total. The van der Waals surface area contributed by atoms with Gasteiger partial charge in [-0.1, -0.05) is 64.7 Å². The van der Waals surface area contributed by atoms with Crippen LogP contribution in [0.15, 0.2) is 0 Å². The average Bonchev–Trinajstić information content (AvgIpc) is 2.24. The highest BCUT2D eigenvalue weighted by molar-refractivity contribution is 8.20. The Morgan fingerprint density at radius 2 is 1.33 bits per heavy atom. The van der Waals surface area contributed by atoms with Gasteiger partial charge in [-0.15, -0.1) is 0 Å². The summed E-state index contributed by atoms with van der Waals surface area (Å²) >= 11 is 4.80. The van der Waals surface area contributed by atoms with Crippen molar-refractivity contribution in [3.05, 3.63) is 0 Å². The first-order valence-electron chi connectivity index (χ1n) is 7.01. The van der Waals surface area contributed by atoms with Crippen molar-refractivity contribution in [2.75, 3.05) is 6.61 Å². The molecule has 0 aromatic rings. The van der Waals surface area contributed by atoms with Crippen LogP contribution in [-0.2, 0) is 16.3 Å². The Bertz CT molecular complexity index is 214. The van der Waals surface area contributed by atoms with Gasteiger partial charge in [-0.25, -0.2) is 0 Å². The Morgan fingerprint density at radius 3 is 1.72 bits per heavy atom. The van der Waals surface area contributed by atoms with E-state index in [1.54, 1.807) is 7.57 Å². The van der Waals surface area contributed by atoms with Crippen LogP contribution in [0.25, 0.3) is 0 Å². The maximum absolute atomic E-state index is 9.26. The molecule has 6 heteroatoms. The maximum atomic E-state index is 9.26. The standard InChI is InChI=1S/C12H28BO2PS.H3N/c1-2-3-4-5-6-7-8-9-10-11-12-15-16(13,14)17;/h2-13H2,1H3,(H,14,17);1H3. The van der Waals surface area contributed by atoms with Crippen LogP contribution >= 0.6 is 6.37 Å². The zero-order chi connectivity index (χ0) is 13.0. The molecule has 0 heterocycles. The monoisotopic (exact) mass is 295 g/mol. The highest BCUT2D eigenvalue weighted by Crippen LogP contribution is 2.35. The predicted molar refractivity (Wildman–Crippen MR) is 87.9 cm³/mol. The molecule has 0 aromatic carbocycles. The van der Waals surface area contributed by atoms with Crippen molar-refractivity contribution in [2.45, 2.75) is 71.1 Å². The van der Waals surface area contributed by atoms with E-state index in [4.69, 9.17) is 16.3 Å². The summed E-state index contributed by atoms with van der Waals surface area (Å²) in [6.07, 6.45) is 10.7. The summed E-state index contributed by atoms with van der Waals surface area (Å²) in [4.78, 5) is 9.26. The summed E-state index contributed by atoms with van der Waals surface area (Å²) in [7, 11) is 1.61. The molecular weight excluding hydrogens is 264 g/mol. The second kappa shape index (κ2) is 14.0. The van der Waals surface area contributed by atoms with E-state index in [2.05, 4.69) is 6.92 Å². The fraction of sp³-hybridized carbons (Fsp3) is 1.00. The van der Waals surface area contributed by atoms with E-state index < -0.39 is 6.37 Å². The SMILES string of the molecule is BP(O)(=S)OCCCCCCCCCCCC.N. The number of unbranched alkanes of at least 4 members (excludes halogenated alkanes) is 9. The third-order valence-corrected chi connectivity index (χ3v) is 3.81. The predicted octanol–water partition coefficient (Wildman–Crippen LogP) is 3.94. The summed E-state index contributed by atoms with van der Waals surface area (Å²) in [5, 5.41) is 0. The lowest BCUT2D eigenvalue weighted by Crippen LogP contribution is -1.92. The highest BCUT2D eigenvalue weighted by Gasteiger charge is 2.02. The molecule has 18 heavy (non-hydrogen) atoms. The minimum absolute atomic E-state index is 0. The zero-order valence-corrected chi connectivity index (χ0v) is 13.9. The second-order valence-corrected chi connectivity index (χ2v) is 8.71. The van der Waals surface area contributed by atoms with Crippen molar-refractivity contribution in [1.29, 1.82) is 0 Å².